The van der Waals surface area contributed by atoms with Gasteiger partial charge >= 0.3 is 6.03 Å². The first-order valence-electron chi connectivity index (χ1n) is 8.77. The number of nitrogens with zero attached hydrogens (tertiary/aromatic N) is 2. The van der Waals surface area contributed by atoms with Gasteiger partial charge in [-0.1, -0.05) is 30.3 Å². The average molecular weight is 352 g/mol. The van der Waals surface area contributed by atoms with Crippen LogP contribution in [0.1, 0.15) is 10.4 Å². The maximum absolute atomic E-state index is 12.5. The van der Waals surface area contributed by atoms with Crippen molar-refractivity contribution in [3.8, 4) is 0 Å². The molecule has 2 amide bonds. The van der Waals surface area contributed by atoms with Crippen LogP contribution in [-0.4, -0.2) is 61.4 Å². The van der Waals surface area contributed by atoms with E-state index in [0.29, 0.717) is 23.5 Å². The summed E-state index contributed by atoms with van der Waals surface area (Å²) in [5.74, 6) is 0.0710. The number of likely N-dealkylation sites (N-methyl/N-ethyl adjacent to an activating group) is 1. The third-order valence-electron chi connectivity index (χ3n) is 4.44. The van der Waals surface area contributed by atoms with Crippen LogP contribution in [0.2, 0.25) is 0 Å². The van der Waals surface area contributed by atoms with Gasteiger partial charge in [-0.2, -0.15) is 0 Å². The smallest absolute Gasteiger partial charge is 0.308 e. The summed E-state index contributed by atoms with van der Waals surface area (Å²) in [7, 11) is 2.09. The molecule has 0 aliphatic carbocycles. The summed E-state index contributed by atoms with van der Waals surface area (Å²) >= 11 is 0. The highest BCUT2D eigenvalue weighted by molar-refractivity contribution is 6.02. The van der Waals surface area contributed by atoms with E-state index in [9.17, 15) is 9.59 Å². The number of carbonyl (C=O) groups is 2. The molecule has 0 bridgehead atoms. The third kappa shape index (κ3) is 5.15. The number of nitrogens with one attached hydrogen (secondary N) is 2. The summed E-state index contributed by atoms with van der Waals surface area (Å²) in [6.45, 7) is 4.18. The Hall–Kier alpha value is -2.70. The number of hydrogen-bond acceptors (Lipinski definition) is 4. The SMILES string of the molecule is CN1CCN(CC(=O)c2cccc(NC(=O)Nc3ccccc3)c2)CC1. The van der Waals surface area contributed by atoms with Crippen molar-refractivity contribution >= 4 is 23.2 Å². The van der Waals surface area contributed by atoms with Crippen LogP contribution in [0, 0.1) is 0 Å². The van der Waals surface area contributed by atoms with Gasteiger partial charge in [0, 0.05) is 43.1 Å². The summed E-state index contributed by atoms with van der Waals surface area (Å²) < 4.78 is 0. The molecule has 6 nitrogen and oxygen atoms in total. The summed E-state index contributed by atoms with van der Waals surface area (Å²) in [6, 6.07) is 16.0. The van der Waals surface area contributed by atoms with Gasteiger partial charge in [-0.15, -0.1) is 0 Å². The lowest BCUT2D eigenvalue weighted by Gasteiger charge is -2.31. The first-order chi connectivity index (χ1) is 12.6. The lowest BCUT2D eigenvalue weighted by molar-refractivity contribution is 0.0876. The van der Waals surface area contributed by atoms with Crippen LogP contribution in [-0.2, 0) is 0 Å². The lowest BCUT2D eigenvalue weighted by Crippen LogP contribution is -2.46. The van der Waals surface area contributed by atoms with Gasteiger partial charge in [0.25, 0.3) is 0 Å². The normalized spacial score (nSPS) is 15.4. The monoisotopic (exact) mass is 352 g/mol. The van der Waals surface area contributed by atoms with E-state index in [2.05, 4.69) is 27.5 Å². The van der Waals surface area contributed by atoms with Gasteiger partial charge in [0.15, 0.2) is 5.78 Å². The molecule has 1 saturated heterocycles. The van der Waals surface area contributed by atoms with Crippen LogP contribution in [0.5, 0.6) is 0 Å². The highest BCUT2D eigenvalue weighted by Gasteiger charge is 2.17. The van der Waals surface area contributed by atoms with Crippen molar-refractivity contribution in [2.45, 2.75) is 0 Å². The largest absolute Gasteiger partial charge is 0.323 e. The van der Waals surface area contributed by atoms with Crippen LogP contribution in [0.25, 0.3) is 0 Å². The Bertz CT molecular complexity index is 755. The molecule has 136 valence electrons. The van der Waals surface area contributed by atoms with Gasteiger partial charge in [0.2, 0.25) is 0 Å². The number of Topliss-reactive ketones (excluding diaryl/α,β-unsaturated/α-hetero) is 1. The number of para-hydroxylation sites is 1. The summed E-state index contributed by atoms with van der Waals surface area (Å²) in [5.41, 5.74) is 1.93. The number of amides is 2. The Morgan fingerprint density at radius 3 is 2.27 bits per heavy atom. The molecular formula is C20H24N4O2. The van der Waals surface area contributed by atoms with Gasteiger partial charge in [-0.05, 0) is 31.3 Å². The average Bonchev–Trinajstić information content (AvgIpc) is 2.64. The van der Waals surface area contributed by atoms with Crippen molar-refractivity contribution in [1.82, 2.24) is 9.80 Å². The Morgan fingerprint density at radius 2 is 1.54 bits per heavy atom. The van der Waals surface area contributed by atoms with Crippen molar-refractivity contribution in [2.24, 2.45) is 0 Å². The summed E-state index contributed by atoms with van der Waals surface area (Å²) in [5, 5.41) is 5.53. The molecule has 0 aromatic heterocycles. The van der Waals surface area contributed by atoms with Crippen LogP contribution in [0.4, 0.5) is 16.2 Å². The molecule has 0 radical (unpaired) electrons. The van der Waals surface area contributed by atoms with E-state index < -0.39 is 0 Å². The number of ketones is 1. The molecule has 1 fully saturated rings. The fourth-order valence-corrected chi connectivity index (χ4v) is 2.89. The molecule has 1 aliphatic heterocycles. The van der Waals surface area contributed by atoms with Crippen LogP contribution < -0.4 is 10.6 Å². The molecule has 2 N–H and O–H groups in total. The number of anilines is 2. The van der Waals surface area contributed by atoms with E-state index in [0.717, 1.165) is 26.2 Å². The lowest BCUT2D eigenvalue weighted by atomic mass is 10.1. The fraction of sp³-hybridized carbons (Fsp3) is 0.300. The zero-order valence-corrected chi connectivity index (χ0v) is 14.9. The number of urea groups is 1. The first-order valence-corrected chi connectivity index (χ1v) is 8.77. The summed E-state index contributed by atoms with van der Waals surface area (Å²) in [4.78, 5) is 29.1. The molecule has 0 atom stereocenters. The van der Waals surface area contributed by atoms with Gasteiger partial charge in [-0.25, -0.2) is 4.79 Å². The van der Waals surface area contributed by atoms with Crippen LogP contribution in [0.15, 0.2) is 54.6 Å². The Labute approximate surface area is 153 Å². The number of benzene rings is 2. The highest BCUT2D eigenvalue weighted by atomic mass is 16.2. The van der Waals surface area contributed by atoms with E-state index in [1.807, 2.05) is 30.3 Å². The Morgan fingerprint density at radius 1 is 0.885 bits per heavy atom. The maximum Gasteiger partial charge on any atom is 0.323 e. The van der Waals surface area contributed by atoms with Crippen molar-refractivity contribution in [1.29, 1.82) is 0 Å². The van der Waals surface area contributed by atoms with Crippen molar-refractivity contribution in [3.05, 3.63) is 60.2 Å². The molecule has 6 heteroatoms. The van der Waals surface area contributed by atoms with Gasteiger partial charge < -0.3 is 15.5 Å². The standard InChI is InChI=1S/C20H24N4O2/c1-23-10-12-24(13-11-23)15-19(25)16-6-5-9-18(14-16)22-20(26)21-17-7-3-2-4-8-17/h2-9,14H,10-13,15H2,1H3,(H2,21,22,26). The van der Waals surface area contributed by atoms with Crippen molar-refractivity contribution < 1.29 is 9.59 Å². The van der Waals surface area contributed by atoms with E-state index in [4.69, 9.17) is 0 Å². The maximum atomic E-state index is 12.5. The predicted molar refractivity (Wildman–Crippen MR) is 104 cm³/mol. The molecule has 0 saturated carbocycles. The zero-order valence-electron chi connectivity index (χ0n) is 14.9. The number of carbonyl (C=O) groups excluding carboxylic acids is 2. The van der Waals surface area contributed by atoms with Crippen LogP contribution >= 0.6 is 0 Å². The van der Waals surface area contributed by atoms with Gasteiger partial charge in [0.05, 0.1) is 6.54 Å². The van der Waals surface area contributed by atoms with Crippen LogP contribution in [0.3, 0.4) is 0 Å². The molecule has 1 aliphatic rings. The molecule has 26 heavy (non-hydrogen) atoms. The first kappa shape index (κ1) is 18.1. The second-order valence-electron chi connectivity index (χ2n) is 6.53. The number of rotatable bonds is 5. The molecule has 1 heterocycles. The number of piperazine rings is 1. The minimum Gasteiger partial charge on any atom is -0.308 e. The minimum atomic E-state index is -0.333. The van der Waals surface area contributed by atoms with Crippen molar-refractivity contribution in [3.63, 3.8) is 0 Å². The predicted octanol–water partition coefficient (Wildman–Crippen LogP) is 2.76. The van der Waals surface area contributed by atoms with E-state index in [1.165, 1.54) is 0 Å². The molecule has 3 rings (SSSR count). The fourth-order valence-electron chi connectivity index (χ4n) is 2.89. The number of hydrogen-bond donors (Lipinski definition) is 2. The molecule has 0 unspecified atom stereocenters. The highest BCUT2D eigenvalue weighted by Crippen LogP contribution is 2.13. The summed E-state index contributed by atoms with van der Waals surface area (Å²) in [6.07, 6.45) is 0. The van der Waals surface area contributed by atoms with Crippen molar-refractivity contribution in [2.75, 3.05) is 50.4 Å². The zero-order chi connectivity index (χ0) is 18.4. The molecular weight excluding hydrogens is 328 g/mol. The molecule has 0 spiro atoms. The minimum absolute atomic E-state index is 0.0710. The van der Waals surface area contributed by atoms with E-state index in [-0.39, 0.29) is 11.8 Å². The molecule has 2 aromatic carbocycles. The Balaban J connectivity index is 1.57. The van der Waals surface area contributed by atoms with E-state index in [1.54, 1.807) is 24.3 Å². The second-order valence-corrected chi connectivity index (χ2v) is 6.53. The Kier molecular flexibility index (Phi) is 5.99. The molecule has 2 aromatic rings. The second kappa shape index (κ2) is 8.60. The van der Waals surface area contributed by atoms with E-state index >= 15 is 0 Å². The third-order valence-corrected chi connectivity index (χ3v) is 4.44. The van der Waals surface area contributed by atoms with Gasteiger partial charge in [-0.3, -0.25) is 9.69 Å². The topological polar surface area (TPSA) is 64.7 Å². The van der Waals surface area contributed by atoms with Gasteiger partial charge in [0.1, 0.15) is 0 Å². The quantitative estimate of drug-likeness (QED) is 0.812.